The Hall–Kier alpha value is -1.75. The van der Waals surface area contributed by atoms with Crippen molar-refractivity contribution < 1.29 is 19.0 Å². The molecule has 116 valence electrons. The molecule has 1 atom stereocenters. The van der Waals surface area contributed by atoms with Crippen molar-refractivity contribution in [1.29, 1.82) is 0 Å². The highest BCUT2D eigenvalue weighted by molar-refractivity contribution is 5.70. The Morgan fingerprint density at radius 2 is 2.05 bits per heavy atom. The van der Waals surface area contributed by atoms with Gasteiger partial charge in [0.2, 0.25) is 0 Å². The Balaban J connectivity index is 2.15. The van der Waals surface area contributed by atoms with Gasteiger partial charge in [-0.05, 0) is 31.2 Å². The maximum absolute atomic E-state index is 11.7. The third-order valence-corrected chi connectivity index (χ3v) is 3.30. The van der Waals surface area contributed by atoms with E-state index in [1.165, 1.54) is 0 Å². The highest BCUT2D eigenvalue weighted by Gasteiger charge is 2.19. The molecule has 0 saturated carbocycles. The number of nitrogens with one attached hydrogen (secondary N) is 1. The first-order valence-corrected chi connectivity index (χ1v) is 7.53. The smallest absolute Gasteiger partial charge is 0.307 e. The molecule has 0 radical (unpaired) electrons. The molecular weight excluding hydrogens is 270 g/mol. The fourth-order valence-corrected chi connectivity index (χ4v) is 2.34. The van der Waals surface area contributed by atoms with Crippen molar-refractivity contribution in [2.45, 2.75) is 32.7 Å². The minimum Gasteiger partial charge on any atom is -0.490 e. The third-order valence-electron chi connectivity index (χ3n) is 3.30. The fraction of sp³-hybridized carbons (Fsp3) is 0.562. The van der Waals surface area contributed by atoms with Gasteiger partial charge in [0.15, 0.2) is 11.5 Å². The van der Waals surface area contributed by atoms with E-state index in [9.17, 15) is 4.79 Å². The van der Waals surface area contributed by atoms with Gasteiger partial charge in [-0.25, -0.2) is 0 Å². The summed E-state index contributed by atoms with van der Waals surface area (Å²) in [6.45, 7) is 6.33. The zero-order valence-electron chi connectivity index (χ0n) is 12.7. The predicted octanol–water partition coefficient (Wildman–Crippen LogP) is 2.45. The molecule has 1 aromatic carbocycles. The number of hydrogen-bond donors (Lipinski definition) is 1. The van der Waals surface area contributed by atoms with E-state index in [4.69, 9.17) is 14.2 Å². The van der Waals surface area contributed by atoms with Gasteiger partial charge in [0.25, 0.3) is 0 Å². The lowest BCUT2D eigenvalue weighted by Gasteiger charge is -2.19. The second kappa shape index (κ2) is 7.88. The quantitative estimate of drug-likeness (QED) is 0.816. The first kappa shape index (κ1) is 15.6. The van der Waals surface area contributed by atoms with Crippen molar-refractivity contribution in [3.63, 3.8) is 0 Å². The molecule has 1 unspecified atom stereocenters. The lowest BCUT2D eigenvalue weighted by molar-refractivity contribution is -0.143. The first-order valence-electron chi connectivity index (χ1n) is 7.53. The summed E-state index contributed by atoms with van der Waals surface area (Å²) in [7, 11) is 0. The highest BCUT2D eigenvalue weighted by Crippen LogP contribution is 2.33. The lowest BCUT2D eigenvalue weighted by atomic mass is 10.0. The molecule has 1 aromatic rings. The topological polar surface area (TPSA) is 56.8 Å². The Bertz CT molecular complexity index is 475. The summed E-state index contributed by atoms with van der Waals surface area (Å²) in [5.74, 6) is 1.31. The van der Waals surface area contributed by atoms with Crippen molar-refractivity contribution in [2.24, 2.45) is 0 Å². The molecule has 0 amide bonds. The Morgan fingerprint density at radius 1 is 1.29 bits per heavy atom. The SMILES string of the molecule is CCNC(CC(=O)OCC)c1ccc2c(c1)OCCCO2. The molecule has 0 aromatic heterocycles. The lowest BCUT2D eigenvalue weighted by Crippen LogP contribution is -2.24. The molecule has 0 bridgehead atoms. The van der Waals surface area contributed by atoms with Crippen LogP contribution in [0.4, 0.5) is 0 Å². The largest absolute Gasteiger partial charge is 0.490 e. The Morgan fingerprint density at radius 3 is 2.76 bits per heavy atom. The zero-order valence-corrected chi connectivity index (χ0v) is 12.7. The van der Waals surface area contributed by atoms with Gasteiger partial charge >= 0.3 is 5.97 Å². The van der Waals surface area contributed by atoms with Gasteiger partial charge in [-0.3, -0.25) is 4.79 Å². The highest BCUT2D eigenvalue weighted by atomic mass is 16.5. The summed E-state index contributed by atoms with van der Waals surface area (Å²) < 4.78 is 16.4. The van der Waals surface area contributed by atoms with Crippen molar-refractivity contribution >= 4 is 5.97 Å². The van der Waals surface area contributed by atoms with Crippen LogP contribution >= 0.6 is 0 Å². The molecular formula is C16H23NO4. The molecule has 0 aliphatic carbocycles. The van der Waals surface area contributed by atoms with E-state index < -0.39 is 0 Å². The number of carbonyl (C=O) groups is 1. The molecule has 2 rings (SSSR count). The van der Waals surface area contributed by atoms with Crippen LogP contribution in [0.1, 0.15) is 38.3 Å². The summed E-state index contributed by atoms with van der Waals surface area (Å²) in [6.07, 6.45) is 1.19. The number of carbonyl (C=O) groups excluding carboxylic acids is 1. The van der Waals surface area contributed by atoms with Crippen LogP contribution in [0, 0.1) is 0 Å². The van der Waals surface area contributed by atoms with Crippen LogP contribution in [-0.2, 0) is 9.53 Å². The van der Waals surface area contributed by atoms with Gasteiger partial charge in [0.1, 0.15) is 0 Å². The van der Waals surface area contributed by atoms with E-state index in [0.717, 1.165) is 30.0 Å². The minimum atomic E-state index is -0.199. The monoisotopic (exact) mass is 293 g/mol. The molecule has 1 N–H and O–H groups in total. The summed E-state index contributed by atoms with van der Waals surface area (Å²) in [5.41, 5.74) is 1.01. The number of esters is 1. The molecule has 21 heavy (non-hydrogen) atoms. The van der Waals surface area contributed by atoms with Crippen LogP contribution in [0.2, 0.25) is 0 Å². The average molecular weight is 293 g/mol. The number of hydrogen-bond acceptors (Lipinski definition) is 5. The van der Waals surface area contributed by atoms with Gasteiger partial charge in [-0.15, -0.1) is 0 Å². The molecule has 5 heteroatoms. The number of ether oxygens (including phenoxy) is 3. The molecule has 0 saturated heterocycles. The molecule has 1 heterocycles. The normalized spacial score (nSPS) is 15.1. The van der Waals surface area contributed by atoms with Gasteiger partial charge in [-0.1, -0.05) is 13.0 Å². The second-order valence-electron chi connectivity index (χ2n) is 4.88. The van der Waals surface area contributed by atoms with Crippen molar-refractivity contribution in [2.75, 3.05) is 26.4 Å². The zero-order chi connectivity index (χ0) is 15.1. The van der Waals surface area contributed by atoms with Crippen LogP contribution in [0.15, 0.2) is 18.2 Å². The maximum atomic E-state index is 11.7. The summed E-state index contributed by atoms with van der Waals surface area (Å²) >= 11 is 0. The van der Waals surface area contributed by atoms with Crippen molar-refractivity contribution in [3.05, 3.63) is 23.8 Å². The molecule has 1 aliphatic rings. The average Bonchev–Trinajstić information content (AvgIpc) is 2.71. The molecule has 1 aliphatic heterocycles. The van der Waals surface area contributed by atoms with Crippen LogP contribution in [0.25, 0.3) is 0 Å². The van der Waals surface area contributed by atoms with Crippen LogP contribution in [0.3, 0.4) is 0 Å². The number of rotatable bonds is 6. The summed E-state index contributed by atoms with van der Waals surface area (Å²) in [5, 5.41) is 3.31. The summed E-state index contributed by atoms with van der Waals surface area (Å²) in [4.78, 5) is 11.7. The van der Waals surface area contributed by atoms with Gasteiger partial charge < -0.3 is 19.5 Å². The van der Waals surface area contributed by atoms with E-state index in [-0.39, 0.29) is 12.0 Å². The van der Waals surface area contributed by atoms with Crippen molar-refractivity contribution in [1.82, 2.24) is 5.32 Å². The minimum absolute atomic E-state index is 0.0776. The molecule has 0 spiro atoms. The van der Waals surface area contributed by atoms with Crippen LogP contribution in [-0.4, -0.2) is 32.3 Å². The fourth-order valence-electron chi connectivity index (χ4n) is 2.34. The van der Waals surface area contributed by atoms with Crippen LogP contribution in [0.5, 0.6) is 11.5 Å². The Kier molecular flexibility index (Phi) is 5.87. The van der Waals surface area contributed by atoms with E-state index >= 15 is 0 Å². The molecule has 5 nitrogen and oxygen atoms in total. The van der Waals surface area contributed by atoms with Gasteiger partial charge in [0.05, 0.1) is 26.2 Å². The van der Waals surface area contributed by atoms with E-state index in [0.29, 0.717) is 26.2 Å². The maximum Gasteiger partial charge on any atom is 0.307 e. The van der Waals surface area contributed by atoms with Crippen LogP contribution < -0.4 is 14.8 Å². The van der Waals surface area contributed by atoms with Gasteiger partial charge in [-0.2, -0.15) is 0 Å². The van der Waals surface area contributed by atoms with E-state index in [1.54, 1.807) is 0 Å². The summed E-state index contributed by atoms with van der Waals surface area (Å²) in [6, 6.07) is 5.75. The number of fused-ring (bicyclic) bond motifs is 1. The Labute approximate surface area is 125 Å². The number of benzene rings is 1. The first-order chi connectivity index (χ1) is 10.2. The van der Waals surface area contributed by atoms with E-state index in [2.05, 4.69) is 5.32 Å². The van der Waals surface area contributed by atoms with Gasteiger partial charge in [0, 0.05) is 12.5 Å². The second-order valence-corrected chi connectivity index (χ2v) is 4.88. The predicted molar refractivity (Wildman–Crippen MR) is 79.7 cm³/mol. The molecule has 0 fully saturated rings. The third kappa shape index (κ3) is 4.36. The standard InChI is InChI=1S/C16H23NO4/c1-3-17-13(11-16(18)19-4-2)12-6-7-14-15(10-12)21-9-5-8-20-14/h6-7,10,13,17H,3-5,8-9,11H2,1-2H3. The van der Waals surface area contributed by atoms with E-state index in [1.807, 2.05) is 32.0 Å². The van der Waals surface area contributed by atoms with Crippen molar-refractivity contribution in [3.8, 4) is 11.5 Å².